The third-order valence-corrected chi connectivity index (χ3v) is 4.59. The predicted octanol–water partition coefficient (Wildman–Crippen LogP) is 3.25. The molecule has 3 unspecified atom stereocenters. The highest BCUT2D eigenvalue weighted by Gasteiger charge is 2.17. The van der Waals surface area contributed by atoms with Gasteiger partial charge in [-0.1, -0.05) is 20.3 Å². The van der Waals surface area contributed by atoms with Gasteiger partial charge >= 0.3 is 0 Å². The van der Waals surface area contributed by atoms with E-state index < -0.39 is 0 Å². The number of hydrogen-bond donors (Lipinski definition) is 1. The Bertz CT molecular complexity index is 287. The van der Waals surface area contributed by atoms with E-state index in [1.165, 1.54) is 17.7 Å². The Kier molecular flexibility index (Phi) is 5.85. The quantitative estimate of drug-likeness (QED) is 0.827. The molecule has 0 fully saturated rings. The average molecular weight is 238 g/mol. The second-order valence-corrected chi connectivity index (χ2v) is 5.58. The standard InChI is InChI=1S/C13H22N2S/c1-4-10(2)9-16-13(11(3)14)12-5-7-15-8-6-12/h5-8,10-11,13H,4,9,14H2,1-3H3. The highest BCUT2D eigenvalue weighted by atomic mass is 32.2. The van der Waals surface area contributed by atoms with Crippen LogP contribution >= 0.6 is 11.8 Å². The predicted molar refractivity (Wildman–Crippen MR) is 72.5 cm³/mol. The zero-order valence-corrected chi connectivity index (χ0v) is 11.2. The van der Waals surface area contributed by atoms with E-state index in [0.717, 1.165) is 5.92 Å². The van der Waals surface area contributed by atoms with Crippen molar-refractivity contribution in [3.05, 3.63) is 30.1 Å². The van der Waals surface area contributed by atoms with E-state index in [1.807, 2.05) is 24.2 Å². The molecule has 0 aliphatic rings. The lowest BCUT2D eigenvalue weighted by atomic mass is 10.1. The third-order valence-electron chi connectivity index (χ3n) is 2.77. The second-order valence-electron chi connectivity index (χ2n) is 4.41. The topological polar surface area (TPSA) is 38.9 Å². The van der Waals surface area contributed by atoms with Crippen molar-refractivity contribution in [2.45, 2.75) is 38.5 Å². The molecular formula is C13H22N2S. The first-order valence-electron chi connectivity index (χ1n) is 5.92. The zero-order valence-electron chi connectivity index (χ0n) is 10.4. The van der Waals surface area contributed by atoms with E-state index in [2.05, 4.69) is 37.9 Å². The summed E-state index contributed by atoms with van der Waals surface area (Å²) in [6.45, 7) is 6.60. The molecule has 1 rings (SSSR count). The van der Waals surface area contributed by atoms with E-state index in [-0.39, 0.29) is 6.04 Å². The lowest BCUT2D eigenvalue weighted by Gasteiger charge is -2.22. The van der Waals surface area contributed by atoms with Gasteiger partial charge in [-0.25, -0.2) is 0 Å². The van der Waals surface area contributed by atoms with E-state index in [1.54, 1.807) is 0 Å². The van der Waals surface area contributed by atoms with E-state index in [9.17, 15) is 0 Å². The maximum atomic E-state index is 6.06. The van der Waals surface area contributed by atoms with Crippen molar-refractivity contribution in [1.29, 1.82) is 0 Å². The van der Waals surface area contributed by atoms with Crippen molar-refractivity contribution in [1.82, 2.24) is 4.98 Å². The molecule has 1 aromatic heterocycles. The molecule has 1 heterocycles. The number of aromatic nitrogens is 1. The first-order chi connectivity index (χ1) is 7.65. The molecular weight excluding hydrogens is 216 g/mol. The van der Waals surface area contributed by atoms with Crippen LogP contribution in [0.1, 0.15) is 38.0 Å². The normalized spacial score (nSPS) is 16.8. The minimum atomic E-state index is 0.177. The monoisotopic (exact) mass is 238 g/mol. The molecule has 0 bridgehead atoms. The Morgan fingerprint density at radius 2 is 1.94 bits per heavy atom. The molecule has 0 radical (unpaired) electrons. The smallest absolute Gasteiger partial charge is 0.0446 e. The van der Waals surface area contributed by atoms with Crippen LogP contribution in [0.5, 0.6) is 0 Å². The first-order valence-corrected chi connectivity index (χ1v) is 6.97. The molecule has 0 saturated carbocycles. The van der Waals surface area contributed by atoms with Gasteiger partial charge in [0.1, 0.15) is 0 Å². The summed E-state index contributed by atoms with van der Waals surface area (Å²) in [6.07, 6.45) is 4.91. The van der Waals surface area contributed by atoms with Crippen LogP contribution in [0.15, 0.2) is 24.5 Å². The van der Waals surface area contributed by atoms with E-state index in [0.29, 0.717) is 5.25 Å². The first kappa shape index (κ1) is 13.5. The molecule has 90 valence electrons. The lowest BCUT2D eigenvalue weighted by Crippen LogP contribution is -2.23. The fourth-order valence-electron chi connectivity index (χ4n) is 1.49. The summed E-state index contributed by atoms with van der Waals surface area (Å²) in [5, 5.41) is 0.386. The van der Waals surface area contributed by atoms with Crippen molar-refractivity contribution in [2.24, 2.45) is 11.7 Å². The Hall–Kier alpha value is -0.540. The van der Waals surface area contributed by atoms with Crippen LogP contribution in [0.4, 0.5) is 0 Å². The summed E-state index contributed by atoms with van der Waals surface area (Å²) in [7, 11) is 0. The zero-order chi connectivity index (χ0) is 12.0. The van der Waals surface area contributed by atoms with Gasteiger partial charge in [0.05, 0.1) is 0 Å². The van der Waals surface area contributed by atoms with Crippen molar-refractivity contribution in [3.63, 3.8) is 0 Å². The van der Waals surface area contributed by atoms with E-state index >= 15 is 0 Å². The highest BCUT2D eigenvalue weighted by Crippen LogP contribution is 2.32. The molecule has 3 heteroatoms. The minimum absolute atomic E-state index is 0.177. The van der Waals surface area contributed by atoms with Crippen LogP contribution in [-0.2, 0) is 0 Å². The van der Waals surface area contributed by atoms with Gasteiger partial charge < -0.3 is 5.73 Å². The molecule has 0 saturated heterocycles. The summed E-state index contributed by atoms with van der Waals surface area (Å²) >= 11 is 1.96. The summed E-state index contributed by atoms with van der Waals surface area (Å²) in [4.78, 5) is 4.05. The van der Waals surface area contributed by atoms with E-state index in [4.69, 9.17) is 5.73 Å². The minimum Gasteiger partial charge on any atom is -0.327 e. The van der Waals surface area contributed by atoms with Gasteiger partial charge in [0.15, 0.2) is 0 Å². The SMILES string of the molecule is CCC(C)CSC(c1ccncc1)C(C)N. The van der Waals surface area contributed by atoms with Gasteiger partial charge in [0.25, 0.3) is 0 Å². The Morgan fingerprint density at radius 1 is 1.31 bits per heavy atom. The number of rotatable bonds is 6. The Balaban J connectivity index is 2.62. The van der Waals surface area contributed by atoms with Crippen LogP contribution < -0.4 is 5.73 Å². The molecule has 2 nitrogen and oxygen atoms in total. The second kappa shape index (κ2) is 6.92. The summed E-state index contributed by atoms with van der Waals surface area (Å²) in [6, 6.07) is 4.31. The Labute approximate surface area is 103 Å². The molecule has 0 aliphatic heterocycles. The van der Waals surface area contributed by atoms with Gasteiger partial charge in [0, 0.05) is 23.7 Å². The van der Waals surface area contributed by atoms with Gasteiger partial charge in [-0.15, -0.1) is 0 Å². The summed E-state index contributed by atoms with van der Waals surface area (Å²) < 4.78 is 0. The fraction of sp³-hybridized carbons (Fsp3) is 0.615. The molecule has 0 aliphatic carbocycles. The van der Waals surface area contributed by atoms with Crippen LogP contribution in [0, 0.1) is 5.92 Å². The molecule has 3 atom stereocenters. The van der Waals surface area contributed by atoms with Crippen molar-refractivity contribution in [3.8, 4) is 0 Å². The largest absolute Gasteiger partial charge is 0.327 e. The summed E-state index contributed by atoms with van der Waals surface area (Å²) in [5.74, 6) is 1.93. The average Bonchev–Trinajstić information content (AvgIpc) is 2.30. The molecule has 0 aromatic carbocycles. The fourth-order valence-corrected chi connectivity index (χ4v) is 2.92. The van der Waals surface area contributed by atoms with Gasteiger partial charge in [-0.3, -0.25) is 4.98 Å². The Morgan fingerprint density at radius 3 is 2.44 bits per heavy atom. The van der Waals surface area contributed by atoms with Gasteiger partial charge in [0.2, 0.25) is 0 Å². The van der Waals surface area contributed by atoms with Crippen molar-refractivity contribution >= 4 is 11.8 Å². The van der Waals surface area contributed by atoms with Gasteiger partial charge in [-0.05, 0) is 36.3 Å². The van der Waals surface area contributed by atoms with Gasteiger partial charge in [-0.2, -0.15) is 11.8 Å². The lowest BCUT2D eigenvalue weighted by molar-refractivity contribution is 0.631. The maximum absolute atomic E-state index is 6.06. The molecule has 2 N–H and O–H groups in total. The number of nitrogens with two attached hydrogens (primary N) is 1. The molecule has 0 spiro atoms. The summed E-state index contributed by atoms with van der Waals surface area (Å²) in [5.41, 5.74) is 7.35. The third kappa shape index (κ3) is 4.14. The molecule has 1 aromatic rings. The van der Waals surface area contributed by atoms with Crippen LogP contribution in [0.25, 0.3) is 0 Å². The molecule has 16 heavy (non-hydrogen) atoms. The van der Waals surface area contributed by atoms with Crippen LogP contribution in [0.2, 0.25) is 0 Å². The van der Waals surface area contributed by atoms with Crippen LogP contribution in [0.3, 0.4) is 0 Å². The van der Waals surface area contributed by atoms with Crippen molar-refractivity contribution in [2.75, 3.05) is 5.75 Å². The molecule has 0 amide bonds. The highest BCUT2D eigenvalue weighted by molar-refractivity contribution is 7.99. The number of thioether (sulfide) groups is 1. The number of pyridine rings is 1. The number of nitrogens with zero attached hydrogens (tertiary/aromatic N) is 1. The van der Waals surface area contributed by atoms with Crippen molar-refractivity contribution < 1.29 is 0 Å². The van der Waals surface area contributed by atoms with Crippen LogP contribution in [-0.4, -0.2) is 16.8 Å². The maximum Gasteiger partial charge on any atom is 0.0446 e. The number of hydrogen-bond acceptors (Lipinski definition) is 3.